The van der Waals surface area contributed by atoms with E-state index in [2.05, 4.69) is 5.16 Å². The molecule has 0 atom stereocenters. The van der Waals surface area contributed by atoms with Crippen LogP contribution in [0.2, 0.25) is 5.02 Å². The number of nitrogens with zero attached hydrogens (tertiary/aromatic N) is 1. The highest BCUT2D eigenvalue weighted by Crippen LogP contribution is 2.34. The van der Waals surface area contributed by atoms with Crippen LogP contribution in [0.15, 0.2) is 33.8 Å². The van der Waals surface area contributed by atoms with E-state index in [-0.39, 0.29) is 6.61 Å². The van der Waals surface area contributed by atoms with Crippen molar-refractivity contribution >= 4 is 23.3 Å². The van der Waals surface area contributed by atoms with Gasteiger partial charge in [0.15, 0.2) is 6.61 Å². The van der Waals surface area contributed by atoms with Crippen LogP contribution in [0.25, 0.3) is 0 Å². The number of ether oxygens (including phenoxy) is 1. The fourth-order valence-electron chi connectivity index (χ4n) is 3.57. The van der Waals surface area contributed by atoms with Crippen molar-refractivity contribution in [3.63, 3.8) is 0 Å². The van der Waals surface area contributed by atoms with Gasteiger partial charge < -0.3 is 14.0 Å². The molecule has 0 fully saturated rings. The lowest BCUT2D eigenvalue weighted by Crippen LogP contribution is -2.17. The van der Waals surface area contributed by atoms with Crippen molar-refractivity contribution in [2.75, 3.05) is 6.61 Å². The molecule has 0 aliphatic heterocycles. The van der Waals surface area contributed by atoms with Crippen LogP contribution in [0.1, 0.15) is 48.3 Å². The summed E-state index contributed by atoms with van der Waals surface area (Å²) >= 11 is 5.82. The number of carbonyl (C=O) groups is 1. The zero-order valence-corrected chi connectivity index (χ0v) is 15.2. The van der Waals surface area contributed by atoms with Crippen LogP contribution in [-0.4, -0.2) is 18.3 Å². The molecule has 6 heteroatoms. The molecule has 0 N–H and O–H groups in total. The maximum atomic E-state index is 12.0. The molecule has 1 aromatic carbocycles. The smallest absolute Gasteiger partial charge is 0.372 e. The van der Waals surface area contributed by atoms with Gasteiger partial charge in [-0.3, -0.25) is 0 Å². The molecule has 2 aliphatic carbocycles. The van der Waals surface area contributed by atoms with E-state index < -0.39 is 5.97 Å². The lowest BCUT2D eigenvalue weighted by Gasteiger charge is -2.15. The molecule has 0 spiro atoms. The van der Waals surface area contributed by atoms with Crippen LogP contribution in [0.5, 0.6) is 5.75 Å². The van der Waals surface area contributed by atoms with E-state index in [0.717, 1.165) is 54.9 Å². The largest absolute Gasteiger partial charge is 0.482 e. The molecule has 0 unspecified atom stereocenters. The summed E-state index contributed by atoms with van der Waals surface area (Å²) in [4.78, 5) is 17.1. The predicted octanol–water partition coefficient (Wildman–Crippen LogP) is 4.47. The third-order valence-electron chi connectivity index (χ3n) is 4.78. The number of rotatable bonds is 4. The van der Waals surface area contributed by atoms with Gasteiger partial charge in [0.1, 0.15) is 17.3 Å². The fourth-order valence-corrected chi connectivity index (χ4v) is 3.70. The first-order valence-corrected chi connectivity index (χ1v) is 9.37. The van der Waals surface area contributed by atoms with Gasteiger partial charge in [-0.2, -0.15) is 0 Å². The molecule has 1 heterocycles. The molecule has 0 bridgehead atoms. The topological polar surface area (TPSA) is 61.0 Å². The van der Waals surface area contributed by atoms with Crippen LogP contribution in [0.3, 0.4) is 0 Å². The van der Waals surface area contributed by atoms with Gasteiger partial charge in [0.25, 0.3) is 0 Å². The normalized spacial score (nSPS) is 17.5. The molecule has 2 aromatic rings. The van der Waals surface area contributed by atoms with Crippen molar-refractivity contribution in [3.05, 3.63) is 51.9 Å². The number of carbonyl (C=O) groups excluding carboxylic acids is 1. The zero-order valence-electron chi connectivity index (χ0n) is 14.4. The van der Waals surface area contributed by atoms with Gasteiger partial charge in [0.05, 0.1) is 5.71 Å². The van der Waals surface area contributed by atoms with Crippen molar-refractivity contribution in [1.82, 2.24) is 0 Å². The minimum atomic E-state index is -0.531. The first-order valence-electron chi connectivity index (χ1n) is 8.99. The summed E-state index contributed by atoms with van der Waals surface area (Å²) in [5.41, 5.74) is 3.16. The SMILES string of the molecule is O=C(COc1ccc(Cl)cc1)ON=C1CCCc2oc3c(c21)CCCC3. The van der Waals surface area contributed by atoms with E-state index in [1.165, 1.54) is 18.4 Å². The molecule has 0 amide bonds. The molecule has 0 saturated heterocycles. The van der Waals surface area contributed by atoms with Crippen molar-refractivity contribution in [2.45, 2.75) is 44.9 Å². The number of fused-ring (bicyclic) bond motifs is 3. The molecule has 136 valence electrons. The fraction of sp³-hybridized carbons (Fsp3) is 0.400. The number of oxime groups is 1. The lowest BCUT2D eigenvalue weighted by atomic mass is 9.88. The number of aryl methyl sites for hydroxylation is 2. The molecular weight excluding hydrogens is 354 g/mol. The minimum absolute atomic E-state index is 0.200. The first-order chi connectivity index (χ1) is 12.7. The quantitative estimate of drug-likeness (QED) is 0.585. The summed E-state index contributed by atoms with van der Waals surface area (Å²) in [5, 5.41) is 4.75. The molecule has 0 saturated carbocycles. The van der Waals surface area contributed by atoms with Crippen molar-refractivity contribution < 1.29 is 18.8 Å². The lowest BCUT2D eigenvalue weighted by molar-refractivity contribution is -0.146. The van der Waals surface area contributed by atoms with Crippen LogP contribution < -0.4 is 4.74 Å². The van der Waals surface area contributed by atoms with Gasteiger partial charge >= 0.3 is 5.97 Å². The summed E-state index contributed by atoms with van der Waals surface area (Å²) in [6, 6.07) is 6.81. The van der Waals surface area contributed by atoms with Crippen molar-refractivity contribution in [3.8, 4) is 5.75 Å². The van der Waals surface area contributed by atoms with E-state index in [4.69, 9.17) is 25.6 Å². The van der Waals surface area contributed by atoms with Gasteiger partial charge in [-0.25, -0.2) is 4.79 Å². The monoisotopic (exact) mass is 373 g/mol. The predicted molar refractivity (Wildman–Crippen MR) is 97.9 cm³/mol. The summed E-state index contributed by atoms with van der Waals surface area (Å²) in [6.45, 7) is -0.200. The Morgan fingerprint density at radius 3 is 2.65 bits per heavy atom. The van der Waals surface area contributed by atoms with Gasteiger partial charge in [0.2, 0.25) is 0 Å². The Kier molecular flexibility index (Phi) is 4.98. The highest BCUT2D eigenvalue weighted by Gasteiger charge is 2.28. The second-order valence-corrected chi connectivity index (χ2v) is 7.04. The maximum absolute atomic E-state index is 12.0. The van der Waals surface area contributed by atoms with Gasteiger partial charge in [-0.05, 0) is 56.4 Å². The molecule has 4 rings (SSSR count). The van der Waals surface area contributed by atoms with Gasteiger partial charge in [-0.15, -0.1) is 0 Å². The highest BCUT2D eigenvalue weighted by molar-refractivity contribution is 6.30. The zero-order chi connectivity index (χ0) is 17.9. The molecule has 0 radical (unpaired) electrons. The molecule has 26 heavy (non-hydrogen) atoms. The second-order valence-electron chi connectivity index (χ2n) is 6.61. The van der Waals surface area contributed by atoms with Crippen molar-refractivity contribution in [1.29, 1.82) is 0 Å². The van der Waals surface area contributed by atoms with Crippen molar-refractivity contribution in [2.24, 2.45) is 5.16 Å². The highest BCUT2D eigenvalue weighted by atomic mass is 35.5. The minimum Gasteiger partial charge on any atom is -0.482 e. The Labute approximate surface area is 156 Å². The second kappa shape index (κ2) is 7.54. The Morgan fingerprint density at radius 1 is 1.04 bits per heavy atom. The number of hydrogen-bond donors (Lipinski definition) is 0. The van der Waals surface area contributed by atoms with Crippen LogP contribution >= 0.6 is 11.6 Å². The average Bonchev–Trinajstić information content (AvgIpc) is 3.05. The Bertz CT molecular complexity index is 838. The van der Waals surface area contributed by atoms with E-state index in [0.29, 0.717) is 10.8 Å². The van der Waals surface area contributed by atoms with Crippen LogP contribution in [0, 0.1) is 0 Å². The average molecular weight is 374 g/mol. The molecular formula is C20H20ClNO4. The first kappa shape index (κ1) is 17.2. The van der Waals surface area contributed by atoms with Gasteiger partial charge in [0, 0.05) is 29.0 Å². The third-order valence-corrected chi connectivity index (χ3v) is 5.03. The summed E-state index contributed by atoms with van der Waals surface area (Å²) < 4.78 is 11.4. The summed E-state index contributed by atoms with van der Waals surface area (Å²) in [6.07, 6.45) is 7.02. The van der Waals surface area contributed by atoms with E-state index in [1.807, 2.05) is 0 Å². The number of benzene rings is 1. The molecule has 5 nitrogen and oxygen atoms in total. The summed E-state index contributed by atoms with van der Waals surface area (Å²) in [7, 11) is 0. The molecule has 1 aromatic heterocycles. The van der Waals surface area contributed by atoms with Gasteiger partial charge in [-0.1, -0.05) is 16.8 Å². The number of hydrogen-bond acceptors (Lipinski definition) is 5. The Hall–Kier alpha value is -2.27. The summed E-state index contributed by atoms with van der Waals surface area (Å²) in [5.74, 6) is 2.11. The Balaban J connectivity index is 1.42. The van der Waals surface area contributed by atoms with E-state index >= 15 is 0 Å². The number of furan rings is 1. The maximum Gasteiger partial charge on any atom is 0.372 e. The van der Waals surface area contributed by atoms with Crippen LogP contribution in [-0.2, 0) is 28.9 Å². The third kappa shape index (κ3) is 3.63. The van der Waals surface area contributed by atoms with E-state index in [1.54, 1.807) is 24.3 Å². The molecule has 2 aliphatic rings. The number of halogens is 1. The van der Waals surface area contributed by atoms with E-state index in [9.17, 15) is 4.79 Å². The van der Waals surface area contributed by atoms with Crippen LogP contribution in [0.4, 0.5) is 0 Å². The standard InChI is InChI=1S/C20H20ClNO4/c21-13-8-10-14(11-9-13)24-12-19(23)26-22-16-5-3-7-18-20(16)15-4-1-2-6-17(15)25-18/h8-11H,1-7,12H2. The Morgan fingerprint density at radius 2 is 1.81 bits per heavy atom.